The number of ether oxygens (including phenoxy) is 1. The number of carbonyl (C=O) groups excluding carboxylic acids is 1. The fourth-order valence-corrected chi connectivity index (χ4v) is 1.81. The number of carbonyl (C=O) groups is 1. The molecule has 1 heterocycles. The minimum Gasteiger partial charge on any atom is -0.468 e. The molecule has 0 radical (unpaired) electrons. The summed E-state index contributed by atoms with van der Waals surface area (Å²) in [7, 11) is 1.34. The highest BCUT2D eigenvalue weighted by Crippen LogP contribution is 2.27. The standard InChI is InChI=1S/C11H14Cl2N2O2/c1-7(2)15(6-10(16)17-3)11-9(13)4-8(12)5-14-11/h4-5,7H,6H2,1-3H3. The molecule has 94 valence electrons. The molecule has 17 heavy (non-hydrogen) atoms. The molecule has 0 aliphatic heterocycles. The van der Waals surface area contributed by atoms with Crippen LogP contribution in [0.5, 0.6) is 0 Å². The molecule has 0 saturated heterocycles. The van der Waals surface area contributed by atoms with Gasteiger partial charge in [0.05, 0.1) is 17.2 Å². The van der Waals surface area contributed by atoms with Crippen LogP contribution in [0.15, 0.2) is 12.3 Å². The van der Waals surface area contributed by atoms with Crippen molar-refractivity contribution in [3.05, 3.63) is 22.3 Å². The second kappa shape index (κ2) is 6.07. The van der Waals surface area contributed by atoms with Gasteiger partial charge in [-0.3, -0.25) is 4.79 Å². The van der Waals surface area contributed by atoms with Crippen LogP contribution in [-0.2, 0) is 9.53 Å². The Morgan fingerprint density at radius 3 is 2.65 bits per heavy atom. The molecule has 4 nitrogen and oxygen atoms in total. The first-order chi connectivity index (χ1) is 7.95. The third-order valence-electron chi connectivity index (χ3n) is 2.21. The molecule has 0 fully saturated rings. The van der Waals surface area contributed by atoms with Gasteiger partial charge < -0.3 is 9.64 Å². The lowest BCUT2D eigenvalue weighted by atomic mass is 10.3. The molecule has 0 aromatic carbocycles. The van der Waals surface area contributed by atoms with Gasteiger partial charge in [0, 0.05) is 12.2 Å². The quantitative estimate of drug-likeness (QED) is 0.794. The van der Waals surface area contributed by atoms with Crippen LogP contribution in [0.1, 0.15) is 13.8 Å². The molecule has 1 aromatic heterocycles. The first-order valence-corrected chi connectivity index (χ1v) is 5.85. The first kappa shape index (κ1) is 14.1. The number of esters is 1. The number of pyridine rings is 1. The Kier molecular flexibility index (Phi) is 5.02. The molecule has 0 unspecified atom stereocenters. The molecular weight excluding hydrogens is 263 g/mol. The van der Waals surface area contributed by atoms with Crippen molar-refractivity contribution >= 4 is 35.0 Å². The van der Waals surface area contributed by atoms with Crippen LogP contribution in [0.25, 0.3) is 0 Å². The second-order valence-corrected chi connectivity index (χ2v) is 4.60. The molecule has 1 aromatic rings. The van der Waals surface area contributed by atoms with Crippen molar-refractivity contribution in [2.75, 3.05) is 18.6 Å². The van der Waals surface area contributed by atoms with Crippen LogP contribution < -0.4 is 4.90 Å². The minimum atomic E-state index is -0.341. The molecule has 0 spiro atoms. The summed E-state index contributed by atoms with van der Waals surface area (Å²) < 4.78 is 4.64. The van der Waals surface area contributed by atoms with E-state index in [1.807, 2.05) is 13.8 Å². The fraction of sp³-hybridized carbons (Fsp3) is 0.455. The summed E-state index contributed by atoms with van der Waals surface area (Å²) in [6.45, 7) is 3.98. The molecule has 6 heteroatoms. The second-order valence-electron chi connectivity index (χ2n) is 3.76. The summed E-state index contributed by atoms with van der Waals surface area (Å²) in [5.41, 5.74) is 0. The topological polar surface area (TPSA) is 42.4 Å². The number of methoxy groups -OCH3 is 1. The monoisotopic (exact) mass is 276 g/mol. The number of aromatic nitrogens is 1. The van der Waals surface area contributed by atoms with Crippen LogP contribution in [0.4, 0.5) is 5.82 Å². The van der Waals surface area contributed by atoms with E-state index in [1.165, 1.54) is 13.3 Å². The lowest BCUT2D eigenvalue weighted by Crippen LogP contribution is -2.37. The summed E-state index contributed by atoms with van der Waals surface area (Å²) in [4.78, 5) is 17.2. The van der Waals surface area contributed by atoms with E-state index in [0.717, 1.165) is 0 Å². The van der Waals surface area contributed by atoms with Gasteiger partial charge in [0.25, 0.3) is 0 Å². The molecule has 0 bridgehead atoms. The van der Waals surface area contributed by atoms with E-state index in [9.17, 15) is 4.79 Å². The van der Waals surface area contributed by atoms with E-state index in [2.05, 4.69) is 9.72 Å². The highest BCUT2D eigenvalue weighted by Gasteiger charge is 2.19. The van der Waals surface area contributed by atoms with Crippen molar-refractivity contribution in [3.8, 4) is 0 Å². The van der Waals surface area contributed by atoms with Gasteiger partial charge in [0.1, 0.15) is 12.4 Å². The summed E-state index contributed by atoms with van der Waals surface area (Å²) in [6, 6.07) is 1.67. The number of hydrogen-bond acceptors (Lipinski definition) is 4. The van der Waals surface area contributed by atoms with Crippen LogP contribution in [0, 0.1) is 0 Å². The van der Waals surface area contributed by atoms with Gasteiger partial charge in [-0.15, -0.1) is 0 Å². The Morgan fingerprint density at radius 1 is 1.53 bits per heavy atom. The van der Waals surface area contributed by atoms with Crippen molar-refractivity contribution in [2.24, 2.45) is 0 Å². The number of nitrogens with zero attached hydrogens (tertiary/aromatic N) is 2. The average Bonchev–Trinajstić information content (AvgIpc) is 2.26. The molecule has 0 saturated carbocycles. The average molecular weight is 277 g/mol. The van der Waals surface area contributed by atoms with E-state index in [4.69, 9.17) is 23.2 Å². The summed E-state index contributed by atoms with van der Waals surface area (Å²) in [6.07, 6.45) is 1.50. The molecule has 1 rings (SSSR count). The Labute approximate surface area is 110 Å². The summed E-state index contributed by atoms with van der Waals surface area (Å²) in [5.74, 6) is 0.183. The zero-order valence-corrected chi connectivity index (χ0v) is 11.4. The predicted octanol–water partition coefficient (Wildman–Crippen LogP) is 2.78. The summed E-state index contributed by atoms with van der Waals surface area (Å²) in [5, 5.41) is 0.871. The van der Waals surface area contributed by atoms with Gasteiger partial charge >= 0.3 is 5.97 Å². The number of hydrogen-bond donors (Lipinski definition) is 0. The maximum atomic E-state index is 11.3. The van der Waals surface area contributed by atoms with Gasteiger partial charge in [0.15, 0.2) is 0 Å². The Morgan fingerprint density at radius 2 is 2.18 bits per heavy atom. The highest BCUT2D eigenvalue weighted by atomic mass is 35.5. The fourth-order valence-electron chi connectivity index (χ4n) is 1.32. The molecule has 0 N–H and O–H groups in total. The van der Waals surface area contributed by atoms with Crippen molar-refractivity contribution in [2.45, 2.75) is 19.9 Å². The normalized spacial score (nSPS) is 10.5. The SMILES string of the molecule is COC(=O)CN(c1ncc(Cl)cc1Cl)C(C)C. The van der Waals surface area contributed by atoms with E-state index in [-0.39, 0.29) is 18.6 Å². The van der Waals surface area contributed by atoms with Crippen molar-refractivity contribution in [1.82, 2.24) is 4.98 Å². The number of anilines is 1. The molecule has 0 atom stereocenters. The number of halogens is 2. The third kappa shape index (κ3) is 3.75. The van der Waals surface area contributed by atoms with E-state index >= 15 is 0 Å². The summed E-state index contributed by atoms with van der Waals surface area (Å²) >= 11 is 11.8. The van der Waals surface area contributed by atoms with Crippen LogP contribution in [-0.4, -0.2) is 30.6 Å². The highest BCUT2D eigenvalue weighted by molar-refractivity contribution is 6.36. The lowest BCUT2D eigenvalue weighted by Gasteiger charge is -2.27. The van der Waals surface area contributed by atoms with Crippen molar-refractivity contribution in [1.29, 1.82) is 0 Å². The zero-order chi connectivity index (χ0) is 13.0. The Balaban J connectivity index is 3.01. The minimum absolute atomic E-state index is 0.0697. The van der Waals surface area contributed by atoms with Crippen LogP contribution in [0.3, 0.4) is 0 Å². The van der Waals surface area contributed by atoms with Gasteiger partial charge in [-0.2, -0.15) is 0 Å². The molecule has 0 aliphatic rings. The maximum Gasteiger partial charge on any atom is 0.325 e. The van der Waals surface area contributed by atoms with Crippen molar-refractivity contribution in [3.63, 3.8) is 0 Å². The van der Waals surface area contributed by atoms with Crippen LogP contribution in [0.2, 0.25) is 10.0 Å². The Bertz CT molecular complexity index is 410. The van der Waals surface area contributed by atoms with E-state index < -0.39 is 0 Å². The predicted molar refractivity (Wildman–Crippen MR) is 68.8 cm³/mol. The van der Waals surface area contributed by atoms with E-state index in [0.29, 0.717) is 15.9 Å². The third-order valence-corrected chi connectivity index (χ3v) is 2.70. The van der Waals surface area contributed by atoms with E-state index in [1.54, 1.807) is 11.0 Å². The van der Waals surface area contributed by atoms with Gasteiger partial charge in [-0.05, 0) is 19.9 Å². The van der Waals surface area contributed by atoms with Gasteiger partial charge in [-0.1, -0.05) is 23.2 Å². The molecule has 0 amide bonds. The largest absolute Gasteiger partial charge is 0.468 e. The zero-order valence-electron chi connectivity index (χ0n) is 9.91. The van der Waals surface area contributed by atoms with Crippen LogP contribution >= 0.6 is 23.2 Å². The number of rotatable bonds is 4. The lowest BCUT2D eigenvalue weighted by molar-refractivity contribution is -0.139. The van der Waals surface area contributed by atoms with Gasteiger partial charge in [-0.25, -0.2) is 4.98 Å². The Hall–Kier alpha value is -1.000. The van der Waals surface area contributed by atoms with Crippen molar-refractivity contribution < 1.29 is 9.53 Å². The maximum absolute atomic E-state index is 11.3. The van der Waals surface area contributed by atoms with Gasteiger partial charge in [0.2, 0.25) is 0 Å². The smallest absolute Gasteiger partial charge is 0.325 e. The first-order valence-electron chi connectivity index (χ1n) is 5.10. The molecular formula is C11H14Cl2N2O2. The molecule has 0 aliphatic carbocycles.